The molecule has 1 N–H and O–H groups in total. The van der Waals surface area contributed by atoms with Crippen LogP contribution in [0.5, 0.6) is 17.2 Å². The number of methoxy groups -OCH3 is 1. The Labute approximate surface area is 99.5 Å². The number of carbonyl (C=O) groups is 1. The molecule has 17 heavy (non-hydrogen) atoms. The Kier molecular flexibility index (Phi) is 3.04. The zero-order valence-electron chi connectivity index (χ0n) is 9.82. The fourth-order valence-electron chi connectivity index (χ4n) is 1.93. The van der Waals surface area contributed by atoms with E-state index in [0.717, 1.165) is 0 Å². The van der Waals surface area contributed by atoms with Crippen molar-refractivity contribution in [1.29, 1.82) is 0 Å². The van der Waals surface area contributed by atoms with Crippen molar-refractivity contribution >= 4 is 5.78 Å². The van der Waals surface area contributed by atoms with E-state index in [1.54, 1.807) is 19.1 Å². The van der Waals surface area contributed by atoms with E-state index in [4.69, 9.17) is 9.47 Å². The smallest absolute Gasteiger partial charge is 0.193 e. The van der Waals surface area contributed by atoms with Crippen molar-refractivity contribution in [2.45, 2.75) is 13.3 Å². The monoisotopic (exact) mass is 234 g/mol. The van der Waals surface area contributed by atoms with E-state index in [-0.39, 0.29) is 17.1 Å². The van der Waals surface area contributed by atoms with E-state index in [9.17, 15) is 9.90 Å². The summed E-state index contributed by atoms with van der Waals surface area (Å²) in [6, 6.07) is 1.65. The van der Waals surface area contributed by atoms with Gasteiger partial charge in [0.2, 0.25) is 0 Å². The Hall–Kier alpha value is -1.97. The first-order valence-corrected chi connectivity index (χ1v) is 5.41. The Balaban J connectivity index is 2.61. The molecule has 0 radical (unpaired) electrons. The van der Waals surface area contributed by atoms with Crippen LogP contribution in [0.4, 0.5) is 0 Å². The molecule has 1 heterocycles. The van der Waals surface area contributed by atoms with Crippen LogP contribution in [-0.4, -0.2) is 24.6 Å². The average molecular weight is 234 g/mol. The molecule has 0 saturated heterocycles. The van der Waals surface area contributed by atoms with Gasteiger partial charge in [0.1, 0.15) is 22.8 Å². The summed E-state index contributed by atoms with van der Waals surface area (Å²) in [7, 11) is 1.46. The first kappa shape index (κ1) is 11.5. The van der Waals surface area contributed by atoms with Gasteiger partial charge in [-0.05, 0) is 13.0 Å². The standard InChI is InChI=1S/C13H14O4/c1-3-4-9(14)12-11(16-2)7-10-8(13(12)15)5-6-17-10/h3-4,7,15H,5-6H2,1-2H3/b4-3+. The lowest BCUT2D eigenvalue weighted by atomic mass is 10.0. The second kappa shape index (κ2) is 4.49. The maximum absolute atomic E-state index is 11.9. The topological polar surface area (TPSA) is 55.8 Å². The number of ketones is 1. The van der Waals surface area contributed by atoms with Gasteiger partial charge in [0.15, 0.2) is 5.78 Å². The number of hydrogen-bond acceptors (Lipinski definition) is 4. The summed E-state index contributed by atoms with van der Waals surface area (Å²) in [5.74, 6) is 0.638. The van der Waals surface area contributed by atoms with Crippen LogP contribution in [0.15, 0.2) is 18.2 Å². The van der Waals surface area contributed by atoms with Crippen LogP contribution in [0.2, 0.25) is 0 Å². The molecule has 0 unspecified atom stereocenters. The molecule has 1 aromatic rings. The van der Waals surface area contributed by atoms with Gasteiger partial charge in [-0.1, -0.05) is 6.08 Å². The third kappa shape index (κ3) is 1.86. The first-order valence-electron chi connectivity index (χ1n) is 5.41. The lowest BCUT2D eigenvalue weighted by molar-refractivity contribution is 0.104. The van der Waals surface area contributed by atoms with E-state index >= 15 is 0 Å². The third-order valence-corrected chi connectivity index (χ3v) is 2.72. The van der Waals surface area contributed by atoms with Gasteiger partial charge in [0.25, 0.3) is 0 Å². The number of aromatic hydroxyl groups is 1. The van der Waals surface area contributed by atoms with Gasteiger partial charge in [-0.3, -0.25) is 4.79 Å². The van der Waals surface area contributed by atoms with Gasteiger partial charge in [0.05, 0.1) is 13.7 Å². The number of allylic oxidation sites excluding steroid dienone is 2. The quantitative estimate of drug-likeness (QED) is 0.642. The summed E-state index contributed by atoms with van der Waals surface area (Å²) < 4.78 is 10.5. The highest BCUT2D eigenvalue weighted by Crippen LogP contribution is 2.41. The Morgan fingerprint density at radius 2 is 2.35 bits per heavy atom. The number of hydrogen-bond donors (Lipinski definition) is 1. The van der Waals surface area contributed by atoms with Gasteiger partial charge in [-0.15, -0.1) is 0 Å². The van der Waals surface area contributed by atoms with Crippen LogP contribution in [0.1, 0.15) is 22.8 Å². The lowest BCUT2D eigenvalue weighted by Crippen LogP contribution is -2.01. The average Bonchev–Trinajstić information content (AvgIpc) is 2.77. The third-order valence-electron chi connectivity index (χ3n) is 2.72. The van der Waals surface area contributed by atoms with E-state index in [1.807, 2.05) is 0 Å². The molecule has 4 heteroatoms. The molecule has 2 rings (SSSR count). The summed E-state index contributed by atoms with van der Waals surface area (Å²) in [5.41, 5.74) is 0.883. The van der Waals surface area contributed by atoms with Crippen LogP contribution in [0, 0.1) is 0 Å². The van der Waals surface area contributed by atoms with E-state index < -0.39 is 0 Å². The summed E-state index contributed by atoms with van der Waals surface area (Å²) in [5, 5.41) is 10.1. The predicted octanol–water partition coefficient (Wildman–Crippen LogP) is 2.09. The zero-order chi connectivity index (χ0) is 12.4. The van der Waals surface area contributed by atoms with Crippen molar-refractivity contribution in [3.8, 4) is 17.2 Å². The molecule has 1 aliphatic heterocycles. The molecule has 0 aromatic heterocycles. The minimum absolute atomic E-state index is 0.0278. The van der Waals surface area contributed by atoms with Crippen molar-refractivity contribution < 1.29 is 19.4 Å². The molecular weight excluding hydrogens is 220 g/mol. The molecule has 1 aliphatic rings. The summed E-state index contributed by atoms with van der Waals surface area (Å²) in [6.45, 7) is 2.27. The minimum atomic E-state index is -0.267. The Morgan fingerprint density at radius 1 is 1.59 bits per heavy atom. The molecule has 4 nitrogen and oxygen atoms in total. The van der Waals surface area contributed by atoms with Crippen LogP contribution >= 0.6 is 0 Å². The Bertz CT molecular complexity index is 489. The van der Waals surface area contributed by atoms with Crippen LogP contribution in [0.3, 0.4) is 0 Å². The maximum Gasteiger partial charge on any atom is 0.193 e. The largest absolute Gasteiger partial charge is 0.507 e. The lowest BCUT2D eigenvalue weighted by Gasteiger charge is -2.11. The molecule has 1 aromatic carbocycles. The summed E-state index contributed by atoms with van der Waals surface area (Å²) >= 11 is 0. The molecular formula is C13H14O4. The van der Waals surface area contributed by atoms with Crippen LogP contribution in [0.25, 0.3) is 0 Å². The van der Waals surface area contributed by atoms with Gasteiger partial charge >= 0.3 is 0 Å². The van der Waals surface area contributed by atoms with Crippen molar-refractivity contribution in [2.75, 3.05) is 13.7 Å². The molecule has 0 fully saturated rings. The zero-order valence-corrected chi connectivity index (χ0v) is 9.82. The number of carbonyl (C=O) groups excluding carboxylic acids is 1. The maximum atomic E-state index is 11.9. The molecule has 0 saturated carbocycles. The van der Waals surface area contributed by atoms with Crippen molar-refractivity contribution in [3.63, 3.8) is 0 Å². The molecule has 0 atom stereocenters. The van der Waals surface area contributed by atoms with Crippen molar-refractivity contribution in [1.82, 2.24) is 0 Å². The normalized spacial score (nSPS) is 13.5. The molecule has 0 bridgehead atoms. The van der Waals surface area contributed by atoms with E-state index in [0.29, 0.717) is 30.1 Å². The fourth-order valence-corrected chi connectivity index (χ4v) is 1.93. The number of rotatable bonds is 3. The highest BCUT2D eigenvalue weighted by atomic mass is 16.5. The van der Waals surface area contributed by atoms with Gasteiger partial charge in [-0.25, -0.2) is 0 Å². The second-order valence-electron chi connectivity index (χ2n) is 3.74. The van der Waals surface area contributed by atoms with Crippen molar-refractivity contribution in [2.24, 2.45) is 0 Å². The van der Waals surface area contributed by atoms with E-state index in [1.165, 1.54) is 13.2 Å². The number of phenols is 1. The minimum Gasteiger partial charge on any atom is -0.507 e. The molecule has 0 spiro atoms. The predicted molar refractivity (Wildman–Crippen MR) is 63.0 cm³/mol. The second-order valence-corrected chi connectivity index (χ2v) is 3.74. The first-order chi connectivity index (χ1) is 8.19. The highest BCUT2D eigenvalue weighted by molar-refractivity contribution is 6.09. The summed E-state index contributed by atoms with van der Waals surface area (Å²) in [4.78, 5) is 11.9. The van der Waals surface area contributed by atoms with Gasteiger partial charge in [0, 0.05) is 18.1 Å². The number of fused-ring (bicyclic) bond motifs is 1. The number of ether oxygens (including phenoxy) is 2. The molecule has 0 aliphatic carbocycles. The molecule has 90 valence electrons. The highest BCUT2D eigenvalue weighted by Gasteiger charge is 2.25. The van der Waals surface area contributed by atoms with E-state index in [2.05, 4.69) is 0 Å². The molecule has 0 amide bonds. The SMILES string of the molecule is C/C=C/C(=O)c1c(OC)cc2c(c1O)CCO2. The fraction of sp³-hybridized carbons (Fsp3) is 0.308. The van der Waals surface area contributed by atoms with Crippen LogP contribution < -0.4 is 9.47 Å². The summed E-state index contributed by atoms with van der Waals surface area (Å²) in [6.07, 6.45) is 3.64. The number of benzene rings is 1. The van der Waals surface area contributed by atoms with Crippen LogP contribution in [-0.2, 0) is 6.42 Å². The van der Waals surface area contributed by atoms with Gasteiger partial charge in [-0.2, -0.15) is 0 Å². The Morgan fingerprint density at radius 3 is 3.00 bits per heavy atom. The van der Waals surface area contributed by atoms with Crippen molar-refractivity contribution in [3.05, 3.63) is 29.3 Å². The van der Waals surface area contributed by atoms with Gasteiger partial charge < -0.3 is 14.6 Å². The number of phenolic OH excluding ortho intramolecular Hbond substituents is 1.